The number of carbonyl (C=O) groups excluding carboxylic acids is 1. The lowest BCUT2D eigenvalue weighted by molar-refractivity contribution is -0.120. The van der Waals surface area contributed by atoms with E-state index < -0.39 is 0 Å². The minimum Gasteiger partial charge on any atom is -0.350 e. The van der Waals surface area contributed by atoms with E-state index in [4.69, 9.17) is 18.0 Å². The molecule has 0 saturated carbocycles. The number of benzene rings is 2. The number of terminal acetylenes is 1. The highest BCUT2D eigenvalue weighted by molar-refractivity contribution is 6.30. The first kappa shape index (κ1) is 17.7. The first-order valence-electron chi connectivity index (χ1n) is 8.02. The second kappa shape index (κ2) is 7.85. The summed E-state index contributed by atoms with van der Waals surface area (Å²) in [6.45, 7) is 0.285. The Bertz CT molecular complexity index is 1050. The molecule has 5 nitrogen and oxygen atoms in total. The van der Waals surface area contributed by atoms with Gasteiger partial charge < -0.3 is 5.32 Å². The van der Waals surface area contributed by atoms with Crippen LogP contribution < -0.4 is 10.9 Å². The van der Waals surface area contributed by atoms with Crippen LogP contribution in [-0.2, 0) is 24.3 Å². The zero-order valence-corrected chi connectivity index (χ0v) is 14.7. The molecule has 2 aromatic carbocycles. The van der Waals surface area contributed by atoms with E-state index in [0.717, 1.165) is 5.56 Å². The molecule has 0 aliphatic rings. The third-order valence-corrected chi connectivity index (χ3v) is 4.17. The van der Waals surface area contributed by atoms with Crippen LogP contribution in [0.25, 0.3) is 10.8 Å². The van der Waals surface area contributed by atoms with Gasteiger partial charge in [0.1, 0.15) is 6.54 Å². The van der Waals surface area contributed by atoms with Crippen LogP contribution in [0.3, 0.4) is 0 Å². The van der Waals surface area contributed by atoms with Gasteiger partial charge in [0, 0.05) is 10.4 Å². The molecule has 1 heterocycles. The van der Waals surface area contributed by atoms with Gasteiger partial charge in [0.2, 0.25) is 5.91 Å². The van der Waals surface area contributed by atoms with Crippen LogP contribution >= 0.6 is 11.6 Å². The maximum atomic E-state index is 12.4. The Labute approximate surface area is 155 Å². The number of carbonyl (C=O) groups is 1. The first-order chi connectivity index (χ1) is 12.6. The summed E-state index contributed by atoms with van der Waals surface area (Å²) >= 11 is 5.85. The van der Waals surface area contributed by atoms with E-state index in [9.17, 15) is 9.59 Å². The van der Waals surface area contributed by atoms with Gasteiger partial charge in [-0.2, -0.15) is 5.10 Å². The topological polar surface area (TPSA) is 64.0 Å². The smallest absolute Gasteiger partial charge is 0.275 e. The molecule has 1 N–H and O–H groups in total. The van der Waals surface area contributed by atoms with Crippen molar-refractivity contribution in [2.45, 2.75) is 19.5 Å². The highest BCUT2D eigenvalue weighted by atomic mass is 35.5. The van der Waals surface area contributed by atoms with E-state index in [2.05, 4.69) is 16.3 Å². The van der Waals surface area contributed by atoms with Crippen LogP contribution in [-0.4, -0.2) is 15.7 Å². The number of hydrogen-bond acceptors (Lipinski definition) is 3. The van der Waals surface area contributed by atoms with Crippen LogP contribution in [0, 0.1) is 12.3 Å². The molecular formula is C20H16ClN3O2. The lowest BCUT2D eigenvalue weighted by Gasteiger charge is -2.10. The average molecular weight is 366 g/mol. The van der Waals surface area contributed by atoms with Crippen molar-refractivity contribution in [1.82, 2.24) is 15.1 Å². The van der Waals surface area contributed by atoms with Crippen LogP contribution in [0.4, 0.5) is 0 Å². The maximum absolute atomic E-state index is 12.4. The standard InChI is InChI=1S/C20H16ClN3O2/c1-2-11-24-20(26)17-6-4-3-5-16(17)18(23-24)13-22-19(25)12-14-7-9-15(21)10-8-14/h1,3-10H,11-13H2,(H,22,25). The third kappa shape index (κ3) is 3.93. The monoisotopic (exact) mass is 365 g/mol. The average Bonchev–Trinajstić information content (AvgIpc) is 2.65. The fourth-order valence-corrected chi connectivity index (χ4v) is 2.79. The number of aromatic nitrogens is 2. The lowest BCUT2D eigenvalue weighted by atomic mass is 10.1. The van der Waals surface area contributed by atoms with Crippen molar-refractivity contribution in [2.75, 3.05) is 0 Å². The van der Waals surface area contributed by atoms with Crippen molar-refractivity contribution < 1.29 is 4.79 Å². The van der Waals surface area contributed by atoms with Gasteiger partial charge >= 0.3 is 0 Å². The number of halogens is 1. The SMILES string of the molecule is C#CCn1nc(CNC(=O)Cc2ccc(Cl)cc2)c2ccccc2c1=O. The van der Waals surface area contributed by atoms with Gasteiger partial charge in [-0.3, -0.25) is 9.59 Å². The van der Waals surface area contributed by atoms with E-state index >= 15 is 0 Å². The Balaban J connectivity index is 1.81. The van der Waals surface area contributed by atoms with Crippen molar-refractivity contribution in [3.05, 3.63) is 75.2 Å². The van der Waals surface area contributed by atoms with Crippen molar-refractivity contribution in [1.29, 1.82) is 0 Å². The highest BCUT2D eigenvalue weighted by Gasteiger charge is 2.11. The van der Waals surface area contributed by atoms with Gasteiger partial charge in [0.05, 0.1) is 24.0 Å². The number of nitrogens with zero attached hydrogens (tertiary/aromatic N) is 2. The predicted molar refractivity (Wildman–Crippen MR) is 102 cm³/mol. The molecule has 3 aromatic rings. The summed E-state index contributed by atoms with van der Waals surface area (Å²) in [7, 11) is 0. The second-order valence-electron chi connectivity index (χ2n) is 5.74. The number of nitrogens with one attached hydrogen (secondary N) is 1. The Morgan fingerprint density at radius 3 is 2.54 bits per heavy atom. The maximum Gasteiger partial charge on any atom is 0.275 e. The van der Waals surface area contributed by atoms with E-state index in [0.29, 0.717) is 21.5 Å². The molecule has 1 amide bonds. The number of amides is 1. The summed E-state index contributed by atoms with van der Waals surface area (Å²) in [6, 6.07) is 14.3. The zero-order valence-electron chi connectivity index (χ0n) is 13.9. The van der Waals surface area contributed by atoms with E-state index in [1.54, 1.807) is 24.3 Å². The van der Waals surface area contributed by atoms with E-state index in [1.165, 1.54) is 4.68 Å². The normalized spacial score (nSPS) is 10.5. The van der Waals surface area contributed by atoms with Gasteiger partial charge in [-0.05, 0) is 23.8 Å². The molecule has 0 bridgehead atoms. The summed E-state index contributed by atoms with van der Waals surface area (Å²) in [6.07, 6.45) is 5.55. The van der Waals surface area contributed by atoms with Gasteiger partial charge in [-0.25, -0.2) is 4.68 Å². The molecule has 0 aliphatic heterocycles. The largest absolute Gasteiger partial charge is 0.350 e. The van der Waals surface area contributed by atoms with Gasteiger partial charge in [-0.15, -0.1) is 6.42 Å². The highest BCUT2D eigenvalue weighted by Crippen LogP contribution is 2.13. The van der Waals surface area contributed by atoms with Crippen molar-refractivity contribution >= 4 is 28.3 Å². The summed E-state index contributed by atoms with van der Waals surface area (Å²) < 4.78 is 1.24. The molecule has 0 atom stereocenters. The van der Waals surface area contributed by atoms with Crippen LogP contribution in [0.15, 0.2) is 53.3 Å². The number of rotatable bonds is 5. The summed E-state index contributed by atoms with van der Waals surface area (Å²) in [5.74, 6) is 2.28. The summed E-state index contributed by atoms with van der Waals surface area (Å²) in [4.78, 5) is 24.6. The Morgan fingerprint density at radius 2 is 1.85 bits per heavy atom. The molecule has 0 fully saturated rings. The number of hydrogen-bond donors (Lipinski definition) is 1. The molecule has 6 heteroatoms. The van der Waals surface area contributed by atoms with Gasteiger partial charge in [-0.1, -0.05) is 47.9 Å². The van der Waals surface area contributed by atoms with Crippen molar-refractivity contribution in [3.63, 3.8) is 0 Å². The van der Waals surface area contributed by atoms with Gasteiger partial charge in [0.15, 0.2) is 0 Å². The zero-order chi connectivity index (χ0) is 18.5. The number of fused-ring (bicyclic) bond motifs is 1. The van der Waals surface area contributed by atoms with E-state index in [-0.39, 0.29) is 31.0 Å². The van der Waals surface area contributed by atoms with Crippen LogP contribution in [0.5, 0.6) is 0 Å². The Kier molecular flexibility index (Phi) is 5.35. The predicted octanol–water partition coefficient (Wildman–Crippen LogP) is 2.54. The molecular weight excluding hydrogens is 350 g/mol. The van der Waals surface area contributed by atoms with E-state index in [1.807, 2.05) is 24.3 Å². The Morgan fingerprint density at radius 1 is 1.15 bits per heavy atom. The Hall–Kier alpha value is -3.10. The molecule has 0 unspecified atom stereocenters. The third-order valence-electron chi connectivity index (χ3n) is 3.92. The van der Waals surface area contributed by atoms with Crippen LogP contribution in [0.1, 0.15) is 11.3 Å². The second-order valence-corrected chi connectivity index (χ2v) is 6.18. The molecule has 0 saturated heterocycles. The quantitative estimate of drug-likeness (QED) is 0.707. The minimum absolute atomic E-state index is 0.0788. The minimum atomic E-state index is -0.241. The van der Waals surface area contributed by atoms with Gasteiger partial charge in [0.25, 0.3) is 5.56 Å². The summed E-state index contributed by atoms with van der Waals surface area (Å²) in [5.41, 5.74) is 1.22. The molecule has 1 aromatic heterocycles. The van der Waals surface area contributed by atoms with Crippen molar-refractivity contribution in [3.8, 4) is 12.3 Å². The molecule has 130 valence electrons. The van der Waals surface area contributed by atoms with Crippen molar-refractivity contribution in [2.24, 2.45) is 0 Å². The lowest BCUT2D eigenvalue weighted by Crippen LogP contribution is -2.29. The molecule has 0 radical (unpaired) electrons. The fraction of sp³-hybridized carbons (Fsp3) is 0.150. The molecule has 0 aliphatic carbocycles. The first-order valence-corrected chi connectivity index (χ1v) is 8.39. The van der Waals surface area contributed by atoms with Crippen LogP contribution in [0.2, 0.25) is 5.02 Å². The molecule has 3 rings (SSSR count). The molecule has 26 heavy (non-hydrogen) atoms. The molecule has 0 spiro atoms. The summed E-state index contributed by atoms with van der Waals surface area (Å²) in [5, 5.41) is 9.01. The fourth-order valence-electron chi connectivity index (χ4n) is 2.66.